The highest BCUT2D eigenvalue weighted by Crippen LogP contribution is 2.23. The number of halogens is 1. The fraction of sp³-hybridized carbons (Fsp3) is 0.462. The standard InChI is InChI=1S/C13H17ClN4O/c1-8(2)16-12(19)7-18-11-4-5-15-6-10(11)17-13(18)9(3)14/h4-6,8-9H,7H2,1-3H3,(H,16,19). The maximum Gasteiger partial charge on any atom is 0.240 e. The second-order valence-corrected chi connectivity index (χ2v) is 5.41. The Bertz CT molecular complexity index is 591. The number of rotatable bonds is 4. The summed E-state index contributed by atoms with van der Waals surface area (Å²) in [5.74, 6) is 0.633. The van der Waals surface area contributed by atoms with Crippen molar-refractivity contribution in [1.82, 2.24) is 19.9 Å². The van der Waals surface area contributed by atoms with Gasteiger partial charge in [0.05, 0.1) is 17.1 Å². The van der Waals surface area contributed by atoms with Gasteiger partial charge in [-0.3, -0.25) is 9.78 Å². The second kappa shape index (κ2) is 5.57. The van der Waals surface area contributed by atoms with Crippen LogP contribution >= 0.6 is 11.6 Å². The number of aromatic nitrogens is 3. The van der Waals surface area contributed by atoms with Gasteiger partial charge < -0.3 is 9.88 Å². The molecule has 5 nitrogen and oxygen atoms in total. The van der Waals surface area contributed by atoms with Gasteiger partial charge in [-0.15, -0.1) is 11.6 Å². The summed E-state index contributed by atoms with van der Waals surface area (Å²) in [6.07, 6.45) is 3.36. The van der Waals surface area contributed by atoms with E-state index in [1.807, 2.05) is 31.4 Å². The lowest BCUT2D eigenvalue weighted by Gasteiger charge is -2.12. The first-order valence-corrected chi connectivity index (χ1v) is 6.66. The highest BCUT2D eigenvalue weighted by molar-refractivity contribution is 6.20. The predicted octanol–water partition coefficient (Wildman–Crippen LogP) is 2.26. The van der Waals surface area contributed by atoms with Crippen LogP contribution in [0.2, 0.25) is 0 Å². The Morgan fingerprint density at radius 3 is 2.84 bits per heavy atom. The average Bonchev–Trinajstić information content (AvgIpc) is 2.67. The smallest absolute Gasteiger partial charge is 0.240 e. The number of alkyl halides is 1. The Morgan fingerprint density at radius 1 is 1.47 bits per heavy atom. The van der Waals surface area contributed by atoms with Crippen molar-refractivity contribution in [2.45, 2.75) is 38.7 Å². The Morgan fingerprint density at radius 2 is 2.21 bits per heavy atom. The van der Waals surface area contributed by atoms with Gasteiger partial charge in [0.15, 0.2) is 0 Å². The van der Waals surface area contributed by atoms with E-state index in [0.717, 1.165) is 11.0 Å². The third-order valence-corrected chi connectivity index (χ3v) is 2.88. The second-order valence-electron chi connectivity index (χ2n) is 4.76. The molecule has 2 aromatic heterocycles. The van der Waals surface area contributed by atoms with E-state index in [-0.39, 0.29) is 23.9 Å². The van der Waals surface area contributed by atoms with Gasteiger partial charge in [-0.1, -0.05) is 0 Å². The highest BCUT2D eigenvalue weighted by atomic mass is 35.5. The summed E-state index contributed by atoms with van der Waals surface area (Å²) in [6.45, 7) is 5.91. The fourth-order valence-electron chi connectivity index (χ4n) is 1.98. The van der Waals surface area contributed by atoms with Gasteiger partial charge in [0.2, 0.25) is 5.91 Å². The molecule has 2 rings (SSSR count). The van der Waals surface area contributed by atoms with Crippen LogP contribution in [0, 0.1) is 0 Å². The lowest BCUT2D eigenvalue weighted by Crippen LogP contribution is -2.33. The van der Waals surface area contributed by atoms with E-state index in [9.17, 15) is 4.79 Å². The molecule has 0 aliphatic carbocycles. The van der Waals surface area contributed by atoms with Crippen LogP contribution in [-0.2, 0) is 11.3 Å². The van der Waals surface area contributed by atoms with E-state index in [2.05, 4.69) is 15.3 Å². The van der Waals surface area contributed by atoms with Crippen molar-refractivity contribution in [2.24, 2.45) is 0 Å². The summed E-state index contributed by atoms with van der Waals surface area (Å²) in [4.78, 5) is 20.4. The Labute approximate surface area is 117 Å². The van der Waals surface area contributed by atoms with Crippen molar-refractivity contribution < 1.29 is 4.79 Å². The van der Waals surface area contributed by atoms with Crippen LogP contribution < -0.4 is 5.32 Å². The van der Waals surface area contributed by atoms with Crippen molar-refractivity contribution in [1.29, 1.82) is 0 Å². The molecule has 1 atom stereocenters. The molecule has 0 saturated heterocycles. The van der Waals surface area contributed by atoms with Gasteiger partial charge in [0, 0.05) is 12.2 Å². The molecule has 102 valence electrons. The molecule has 0 aromatic carbocycles. The first-order chi connectivity index (χ1) is 8.99. The number of nitrogens with one attached hydrogen (secondary N) is 1. The van der Waals surface area contributed by atoms with Gasteiger partial charge in [-0.05, 0) is 26.8 Å². The molecule has 0 aliphatic rings. The number of imidazole rings is 1. The molecule has 19 heavy (non-hydrogen) atoms. The van der Waals surface area contributed by atoms with Crippen LogP contribution in [0.25, 0.3) is 11.0 Å². The molecule has 0 aliphatic heterocycles. The Hall–Kier alpha value is -1.62. The van der Waals surface area contributed by atoms with Crippen molar-refractivity contribution in [3.05, 3.63) is 24.3 Å². The summed E-state index contributed by atoms with van der Waals surface area (Å²) in [7, 11) is 0. The number of hydrogen-bond acceptors (Lipinski definition) is 3. The minimum Gasteiger partial charge on any atom is -0.352 e. The van der Waals surface area contributed by atoms with E-state index in [0.29, 0.717) is 5.82 Å². The number of amides is 1. The van der Waals surface area contributed by atoms with Crippen molar-refractivity contribution in [3.63, 3.8) is 0 Å². The minimum absolute atomic E-state index is 0.0512. The summed E-state index contributed by atoms with van der Waals surface area (Å²) >= 11 is 6.13. The normalized spacial score (nSPS) is 12.9. The molecule has 1 N–H and O–H groups in total. The number of pyridine rings is 1. The molecule has 0 fully saturated rings. The molecule has 0 radical (unpaired) electrons. The molecule has 2 aromatic rings. The summed E-state index contributed by atoms with van der Waals surface area (Å²) in [6, 6.07) is 1.95. The zero-order valence-electron chi connectivity index (χ0n) is 11.2. The summed E-state index contributed by atoms with van der Waals surface area (Å²) in [5, 5.41) is 2.60. The number of carbonyl (C=O) groups is 1. The topological polar surface area (TPSA) is 59.8 Å². The fourth-order valence-corrected chi connectivity index (χ4v) is 2.15. The Balaban J connectivity index is 2.39. The van der Waals surface area contributed by atoms with Crippen molar-refractivity contribution >= 4 is 28.5 Å². The molecule has 1 unspecified atom stereocenters. The van der Waals surface area contributed by atoms with E-state index in [1.54, 1.807) is 12.4 Å². The van der Waals surface area contributed by atoms with Gasteiger partial charge in [0.1, 0.15) is 17.9 Å². The maximum atomic E-state index is 11.9. The third-order valence-electron chi connectivity index (χ3n) is 2.69. The van der Waals surface area contributed by atoms with Gasteiger partial charge >= 0.3 is 0 Å². The van der Waals surface area contributed by atoms with E-state index >= 15 is 0 Å². The zero-order valence-corrected chi connectivity index (χ0v) is 12.0. The third kappa shape index (κ3) is 3.04. The first-order valence-electron chi connectivity index (χ1n) is 6.22. The number of fused-ring (bicyclic) bond motifs is 1. The van der Waals surface area contributed by atoms with Gasteiger partial charge in [0.25, 0.3) is 0 Å². The monoisotopic (exact) mass is 280 g/mol. The van der Waals surface area contributed by atoms with Crippen LogP contribution in [0.5, 0.6) is 0 Å². The Kier molecular flexibility index (Phi) is 4.04. The maximum absolute atomic E-state index is 11.9. The molecule has 0 bridgehead atoms. The molecular formula is C13H17ClN4O. The van der Waals surface area contributed by atoms with Gasteiger partial charge in [-0.25, -0.2) is 4.98 Å². The molecule has 0 saturated carbocycles. The van der Waals surface area contributed by atoms with Crippen LogP contribution in [0.4, 0.5) is 0 Å². The predicted molar refractivity (Wildman–Crippen MR) is 75.1 cm³/mol. The van der Waals surface area contributed by atoms with Crippen LogP contribution in [0.3, 0.4) is 0 Å². The van der Waals surface area contributed by atoms with Crippen molar-refractivity contribution in [2.75, 3.05) is 0 Å². The molecular weight excluding hydrogens is 264 g/mol. The lowest BCUT2D eigenvalue weighted by molar-refractivity contribution is -0.122. The van der Waals surface area contributed by atoms with Crippen LogP contribution in [0.1, 0.15) is 32.0 Å². The molecule has 2 heterocycles. The molecule has 1 amide bonds. The summed E-state index contributed by atoms with van der Waals surface area (Å²) < 4.78 is 1.84. The quantitative estimate of drug-likeness (QED) is 0.874. The van der Waals surface area contributed by atoms with Gasteiger partial charge in [-0.2, -0.15) is 0 Å². The molecule has 6 heteroatoms. The number of hydrogen-bond donors (Lipinski definition) is 1. The minimum atomic E-state index is -0.265. The van der Waals surface area contributed by atoms with Crippen molar-refractivity contribution in [3.8, 4) is 0 Å². The van der Waals surface area contributed by atoms with Crippen LogP contribution in [-0.4, -0.2) is 26.5 Å². The first kappa shape index (κ1) is 13.8. The summed E-state index contributed by atoms with van der Waals surface area (Å²) in [5.41, 5.74) is 1.62. The van der Waals surface area contributed by atoms with E-state index in [1.165, 1.54) is 0 Å². The number of carbonyl (C=O) groups excluding carboxylic acids is 1. The lowest BCUT2D eigenvalue weighted by atomic mass is 10.3. The largest absolute Gasteiger partial charge is 0.352 e. The number of nitrogens with zero attached hydrogens (tertiary/aromatic N) is 3. The van der Waals surface area contributed by atoms with Crippen LogP contribution in [0.15, 0.2) is 18.5 Å². The van der Waals surface area contributed by atoms with E-state index in [4.69, 9.17) is 11.6 Å². The average molecular weight is 281 g/mol. The molecule has 0 spiro atoms. The SMILES string of the molecule is CC(C)NC(=O)Cn1c(C(C)Cl)nc2cnccc21. The zero-order chi connectivity index (χ0) is 14.0. The highest BCUT2D eigenvalue weighted by Gasteiger charge is 2.17. The van der Waals surface area contributed by atoms with E-state index < -0.39 is 0 Å².